The molecule has 206 valence electrons. The summed E-state index contributed by atoms with van der Waals surface area (Å²) in [5.74, 6) is -1.31. The van der Waals surface area contributed by atoms with Crippen LogP contribution in [0.25, 0.3) is 10.9 Å². The predicted octanol–water partition coefficient (Wildman–Crippen LogP) is 5.19. The molecule has 1 saturated carbocycles. The van der Waals surface area contributed by atoms with Gasteiger partial charge in [-0.3, -0.25) is 4.79 Å². The summed E-state index contributed by atoms with van der Waals surface area (Å²) in [7, 11) is 0. The highest BCUT2D eigenvalue weighted by Gasteiger charge is 2.31. The van der Waals surface area contributed by atoms with Crippen LogP contribution in [-0.2, 0) is 10.9 Å². The van der Waals surface area contributed by atoms with E-state index in [-0.39, 0.29) is 34.4 Å². The first kappa shape index (κ1) is 26.9. The minimum atomic E-state index is -4.46. The number of carbonyl (C=O) groups excluding carboxylic acids is 1. The second-order valence-electron chi connectivity index (χ2n) is 9.53. The molecule has 2 aromatic carbocycles. The van der Waals surface area contributed by atoms with E-state index in [1.807, 2.05) is 14.4 Å². The predicted molar refractivity (Wildman–Crippen MR) is 144 cm³/mol. The van der Waals surface area contributed by atoms with Crippen molar-refractivity contribution in [2.45, 2.75) is 32.0 Å². The molecule has 0 radical (unpaired) electrons. The largest absolute Gasteiger partial charge is 0.462 e. The number of piperazine rings is 1. The van der Waals surface area contributed by atoms with Gasteiger partial charge in [0.15, 0.2) is 5.11 Å². The van der Waals surface area contributed by atoms with Crippen LogP contribution < -0.4 is 15.6 Å². The highest BCUT2D eigenvalue weighted by molar-refractivity contribution is 7.80. The molecule has 2 heterocycles. The van der Waals surface area contributed by atoms with Crippen molar-refractivity contribution in [1.29, 1.82) is 0 Å². The maximum atomic E-state index is 15.3. The summed E-state index contributed by atoms with van der Waals surface area (Å²) in [6.45, 7) is 3.41. The lowest BCUT2D eigenvalue weighted by Gasteiger charge is -2.37. The van der Waals surface area contributed by atoms with Crippen LogP contribution in [0.3, 0.4) is 0 Å². The van der Waals surface area contributed by atoms with Gasteiger partial charge in [-0.15, -0.1) is 0 Å². The molecule has 1 aliphatic carbocycles. The summed E-state index contributed by atoms with van der Waals surface area (Å²) in [4.78, 5) is 29.1. The lowest BCUT2D eigenvalue weighted by molar-refractivity contribution is -0.137. The van der Waals surface area contributed by atoms with Crippen molar-refractivity contribution in [1.82, 2.24) is 9.47 Å². The number of hydrogen-bond acceptors (Lipinski definition) is 5. The molecule has 2 aliphatic rings. The molecule has 5 rings (SSSR count). The van der Waals surface area contributed by atoms with Gasteiger partial charge in [0.1, 0.15) is 11.4 Å². The lowest BCUT2D eigenvalue weighted by Crippen LogP contribution is -2.50. The van der Waals surface area contributed by atoms with E-state index < -0.39 is 29.0 Å². The van der Waals surface area contributed by atoms with Crippen LogP contribution in [0, 0.1) is 5.82 Å². The number of nitrogens with one attached hydrogen (secondary N) is 1. The zero-order valence-electron chi connectivity index (χ0n) is 21.1. The summed E-state index contributed by atoms with van der Waals surface area (Å²) in [6, 6.07) is 7.76. The van der Waals surface area contributed by atoms with Crippen LogP contribution in [0.1, 0.15) is 41.7 Å². The van der Waals surface area contributed by atoms with E-state index >= 15 is 4.39 Å². The molecule has 1 saturated heterocycles. The zero-order valence-corrected chi connectivity index (χ0v) is 21.9. The van der Waals surface area contributed by atoms with Gasteiger partial charge in [-0.2, -0.15) is 13.2 Å². The van der Waals surface area contributed by atoms with Crippen molar-refractivity contribution in [2.24, 2.45) is 0 Å². The fourth-order valence-electron chi connectivity index (χ4n) is 4.74. The lowest BCUT2D eigenvalue weighted by atomic mass is 10.1. The van der Waals surface area contributed by atoms with E-state index in [0.717, 1.165) is 25.0 Å². The quantitative estimate of drug-likeness (QED) is 0.261. The van der Waals surface area contributed by atoms with Gasteiger partial charge in [-0.25, -0.2) is 9.18 Å². The Balaban J connectivity index is 1.34. The number of ether oxygens (including phenoxy) is 1. The summed E-state index contributed by atoms with van der Waals surface area (Å²) >= 11 is 5.42. The van der Waals surface area contributed by atoms with Crippen molar-refractivity contribution in [3.8, 4) is 0 Å². The second kappa shape index (κ2) is 10.5. The summed E-state index contributed by atoms with van der Waals surface area (Å²) < 4.78 is 61.3. The molecule has 0 amide bonds. The summed E-state index contributed by atoms with van der Waals surface area (Å²) in [5.41, 5.74) is -0.336. The average Bonchev–Trinajstić information content (AvgIpc) is 3.74. The summed E-state index contributed by atoms with van der Waals surface area (Å²) in [6.07, 6.45) is -1.17. The molecule has 0 bridgehead atoms. The maximum Gasteiger partial charge on any atom is 0.416 e. The van der Waals surface area contributed by atoms with Crippen LogP contribution in [-0.4, -0.2) is 53.3 Å². The molecule has 1 aromatic heterocycles. The Bertz CT molecular complexity index is 1490. The van der Waals surface area contributed by atoms with E-state index in [2.05, 4.69) is 5.32 Å². The van der Waals surface area contributed by atoms with Crippen molar-refractivity contribution in [3.63, 3.8) is 0 Å². The van der Waals surface area contributed by atoms with Crippen LogP contribution in [0.15, 0.2) is 47.4 Å². The fraction of sp³-hybridized carbons (Fsp3) is 0.370. The molecule has 1 N–H and O–H groups in total. The molecule has 3 aromatic rings. The molecule has 0 spiro atoms. The highest BCUT2D eigenvalue weighted by Crippen LogP contribution is 2.38. The van der Waals surface area contributed by atoms with E-state index in [9.17, 15) is 22.8 Å². The molecule has 2 fully saturated rings. The van der Waals surface area contributed by atoms with Gasteiger partial charge in [-0.05, 0) is 62.3 Å². The number of thiocarbonyl (C=S) groups is 1. The fourth-order valence-corrected chi connectivity index (χ4v) is 5.04. The number of fused-ring (bicyclic) bond motifs is 1. The smallest absolute Gasteiger partial charge is 0.416 e. The third-order valence-corrected chi connectivity index (χ3v) is 7.25. The van der Waals surface area contributed by atoms with Gasteiger partial charge in [0.2, 0.25) is 5.43 Å². The number of carbonyl (C=O) groups is 1. The second-order valence-corrected chi connectivity index (χ2v) is 9.92. The first-order chi connectivity index (χ1) is 18.6. The Morgan fingerprint density at radius 3 is 2.49 bits per heavy atom. The molecule has 1 aliphatic heterocycles. The van der Waals surface area contributed by atoms with Crippen molar-refractivity contribution >= 4 is 45.6 Å². The summed E-state index contributed by atoms with van der Waals surface area (Å²) in [5, 5.41) is 3.26. The van der Waals surface area contributed by atoms with E-state index in [0.29, 0.717) is 37.4 Å². The third-order valence-electron chi connectivity index (χ3n) is 6.89. The number of pyridine rings is 1. The molecule has 12 heteroatoms. The SMILES string of the molecule is CCOC(=O)c1cn(C2CC2)c2cc(N3CCN(C(=S)Nc4cccc(C(F)(F)F)c4)CC3)c(F)cc2c1=O. The van der Waals surface area contributed by atoms with Gasteiger partial charge in [-0.1, -0.05) is 6.07 Å². The molecular weight excluding hydrogens is 536 g/mol. The number of rotatable bonds is 5. The molecular formula is C27H26F4N4O3S. The van der Waals surface area contributed by atoms with Crippen molar-refractivity contribution in [2.75, 3.05) is 43.0 Å². The minimum absolute atomic E-state index is 0.112. The first-order valence-electron chi connectivity index (χ1n) is 12.6. The number of halogens is 4. The van der Waals surface area contributed by atoms with E-state index in [1.54, 1.807) is 13.0 Å². The number of benzene rings is 2. The number of nitrogens with zero attached hydrogens (tertiary/aromatic N) is 3. The molecule has 39 heavy (non-hydrogen) atoms. The van der Waals surface area contributed by atoms with Crippen LogP contribution in [0.5, 0.6) is 0 Å². The van der Waals surface area contributed by atoms with Gasteiger partial charge in [0, 0.05) is 49.5 Å². The van der Waals surface area contributed by atoms with Gasteiger partial charge in [0.25, 0.3) is 0 Å². The van der Waals surface area contributed by atoms with E-state index in [4.69, 9.17) is 17.0 Å². The van der Waals surface area contributed by atoms with Crippen molar-refractivity contribution in [3.05, 3.63) is 69.8 Å². The van der Waals surface area contributed by atoms with Gasteiger partial charge in [0.05, 0.1) is 23.4 Å². The monoisotopic (exact) mass is 562 g/mol. The topological polar surface area (TPSA) is 66.8 Å². The molecule has 0 unspecified atom stereocenters. The maximum absolute atomic E-state index is 15.3. The molecule has 0 atom stereocenters. The average molecular weight is 563 g/mol. The molecule has 7 nitrogen and oxygen atoms in total. The standard InChI is InChI=1S/C27H26F4N4O3S/c1-2-38-25(37)20-15-35(18-6-7-18)22-14-23(21(28)13-19(22)24(20)36)33-8-10-34(11-9-33)26(39)32-17-5-3-4-16(12-17)27(29,30)31/h3-5,12-15,18H,2,6-11H2,1H3,(H,32,39). The Labute approximate surface area is 226 Å². The van der Waals surface area contributed by atoms with Crippen LogP contribution in [0.4, 0.5) is 28.9 Å². The third kappa shape index (κ3) is 5.56. The number of hydrogen-bond donors (Lipinski definition) is 1. The Kier molecular flexibility index (Phi) is 7.23. The van der Waals surface area contributed by atoms with Crippen molar-refractivity contribution < 1.29 is 27.1 Å². The first-order valence-corrected chi connectivity index (χ1v) is 13.0. The van der Waals surface area contributed by atoms with Crippen LogP contribution >= 0.6 is 12.2 Å². The zero-order chi connectivity index (χ0) is 27.9. The highest BCUT2D eigenvalue weighted by atomic mass is 32.1. The van der Waals surface area contributed by atoms with Gasteiger partial charge < -0.3 is 24.4 Å². The van der Waals surface area contributed by atoms with Crippen LogP contribution in [0.2, 0.25) is 0 Å². The Morgan fingerprint density at radius 1 is 1.13 bits per heavy atom. The number of esters is 1. The normalized spacial score (nSPS) is 15.9. The Morgan fingerprint density at radius 2 is 1.85 bits per heavy atom. The van der Waals surface area contributed by atoms with E-state index in [1.165, 1.54) is 24.4 Å². The number of alkyl halides is 3. The minimum Gasteiger partial charge on any atom is -0.462 e. The number of anilines is 2. The van der Waals surface area contributed by atoms with Gasteiger partial charge >= 0.3 is 12.1 Å². The Hall–Kier alpha value is -3.67. The number of aromatic nitrogens is 1.